The number of fused-ring (bicyclic) bond motifs is 1. The number of ketones is 1. The van der Waals surface area contributed by atoms with Crippen molar-refractivity contribution in [2.24, 2.45) is 34.3 Å². The highest BCUT2D eigenvalue weighted by molar-refractivity contribution is 6.38. The monoisotopic (exact) mass is 695 g/mol. The van der Waals surface area contributed by atoms with E-state index in [1.807, 2.05) is 46.8 Å². The number of hydrogen-bond donors (Lipinski definition) is 4. The highest BCUT2D eigenvalue weighted by atomic mass is 16.5. The standard InChI is InChI=1S/C37H53N5O8/c1-35(2,3)29(32(46)42-19-24-25(36(24,4)5)27(42)31(45)39-26(22-13-14-22)28(43)30(38)44)40-34(48)41-37(17-9-7-8-10-18-37)33(47)50-20-21-11-15-23(49-6)16-12-21/h11-12,15-16,22,24-27,29H,7-10,13-14,17-20H2,1-6H3,(H2,38,44)(H,39,45)(H2,40,41,48)/t24-,25-,26?,27-,29+/m0/s1. The van der Waals surface area contributed by atoms with Crippen LogP contribution in [0.5, 0.6) is 5.75 Å². The lowest BCUT2D eigenvalue weighted by Gasteiger charge is -2.39. The van der Waals surface area contributed by atoms with Gasteiger partial charge in [0.2, 0.25) is 17.6 Å². The van der Waals surface area contributed by atoms with Gasteiger partial charge in [0.1, 0.15) is 36.0 Å². The van der Waals surface area contributed by atoms with Crippen molar-refractivity contribution < 1.29 is 38.2 Å². The van der Waals surface area contributed by atoms with E-state index in [2.05, 4.69) is 16.0 Å². The Kier molecular flexibility index (Phi) is 10.6. The average Bonchev–Trinajstić information content (AvgIpc) is 3.96. The van der Waals surface area contributed by atoms with Gasteiger partial charge in [-0.05, 0) is 72.0 Å². The Hall–Kier alpha value is -4.16. The van der Waals surface area contributed by atoms with Crippen LogP contribution in [0.15, 0.2) is 24.3 Å². The number of esters is 1. The molecule has 3 aliphatic carbocycles. The lowest BCUT2D eigenvalue weighted by atomic mass is 9.85. The summed E-state index contributed by atoms with van der Waals surface area (Å²) in [5.41, 5.74) is 3.81. The highest BCUT2D eigenvalue weighted by Crippen LogP contribution is 2.65. The van der Waals surface area contributed by atoms with Crippen LogP contribution in [0.2, 0.25) is 0 Å². The molecule has 0 aromatic heterocycles. The predicted octanol–water partition coefficient (Wildman–Crippen LogP) is 2.98. The van der Waals surface area contributed by atoms with Crippen LogP contribution in [0.4, 0.5) is 4.79 Å². The van der Waals surface area contributed by atoms with E-state index >= 15 is 0 Å². The van der Waals surface area contributed by atoms with Crippen molar-refractivity contribution >= 4 is 35.5 Å². The van der Waals surface area contributed by atoms with Gasteiger partial charge in [-0.25, -0.2) is 9.59 Å². The molecule has 1 aliphatic heterocycles. The Morgan fingerprint density at radius 2 is 1.58 bits per heavy atom. The molecule has 0 spiro atoms. The number of rotatable bonds is 12. The van der Waals surface area contributed by atoms with Crippen molar-refractivity contribution in [1.29, 1.82) is 0 Å². The van der Waals surface area contributed by atoms with E-state index in [0.29, 0.717) is 38.0 Å². The minimum Gasteiger partial charge on any atom is -0.497 e. The number of ether oxygens (including phenoxy) is 2. The van der Waals surface area contributed by atoms with Crippen molar-refractivity contribution in [3.63, 3.8) is 0 Å². The van der Waals surface area contributed by atoms with Gasteiger partial charge in [-0.3, -0.25) is 19.2 Å². The third-order valence-electron chi connectivity index (χ3n) is 11.3. The zero-order chi connectivity index (χ0) is 36.6. The van der Waals surface area contributed by atoms with Crippen molar-refractivity contribution in [3.8, 4) is 5.75 Å². The molecule has 5 rings (SSSR count). The normalized spacial score (nSPS) is 24.8. The van der Waals surface area contributed by atoms with Gasteiger partial charge in [0, 0.05) is 6.54 Å². The maximum Gasteiger partial charge on any atom is 0.332 e. The lowest BCUT2D eigenvalue weighted by molar-refractivity contribution is -0.153. The molecule has 1 aromatic carbocycles. The molecule has 5 atom stereocenters. The smallest absolute Gasteiger partial charge is 0.332 e. The summed E-state index contributed by atoms with van der Waals surface area (Å²) in [6, 6.07) is 3.54. The number of primary amides is 1. The Labute approximate surface area is 294 Å². The van der Waals surface area contributed by atoms with E-state index < -0.39 is 64.6 Å². The van der Waals surface area contributed by atoms with Crippen LogP contribution in [0.25, 0.3) is 0 Å². The fourth-order valence-electron chi connectivity index (χ4n) is 7.95. The largest absolute Gasteiger partial charge is 0.497 e. The van der Waals surface area contributed by atoms with Gasteiger partial charge in [0.05, 0.1) is 7.11 Å². The van der Waals surface area contributed by atoms with Crippen LogP contribution in [0, 0.1) is 28.6 Å². The summed E-state index contributed by atoms with van der Waals surface area (Å²) in [6.07, 6.45) is 5.47. The molecule has 4 fully saturated rings. The Bertz CT molecular complexity index is 1490. The van der Waals surface area contributed by atoms with Crippen LogP contribution in [0.3, 0.4) is 0 Å². The van der Waals surface area contributed by atoms with E-state index in [4.69, 9.17) is 15.2 Å². The number of piperidine rings is 1. The summed E-state index contributed by atoms with van der Waals surface area (Å²) >= 11 is 0. The van der Waals surface area contributed by atoms with E-state index in [1.54, 1.807) is 19.2 Å². The van der Waals surface area contributed by atoms with Gasteiger partial charge in [-0.2, -0.15) is 0 Å². The molecule has 0 bridgehead atoms. The summed E-state index contributed by atoms with van der Waals surface area (Å²) in [6.45, 7) is 9.90. The zero-order valence-electron chi connectivity index (χ0n) is 30.1. The molecule has 0 radical (unpaired) electrons. The summed E-state index contributed by atoms with van der Waals surface area (Å²) in [7, 11) is 1.57. The second kappa shape index (κ2) is 14.2. The number of carbonyl (C=O) groups excluding carboxylic acids is 6. The third-order valence-corrected chi connectivity index (χ3v) is 11.3. The minimum atomic E-state index is -1.27. The quantitative estimate of drug-likeness (QED) is 0.146. The summed E-state index contributed by atoms with van der Waals surface area (Å²) in [5, 5.41) is 8.57. The number of methoxy groups -OCH3 is 1. The molecular formula is C37H53N5O8. The van der Waals surface area contributed by atoms with Crippen LogP contribution in [0.1, 0.15) is 91.5 Å². The first kappa shape index (κ1) is 37.1. The summed E-state index contributed by atoms with van der Waals surface area (Å²) in [5.74, 6) is -3.00. The first-order valence-electron chi connectivity index (χ1n) is 17.8. The third kappa shape index (κ3) is 7.76. The van der Waals surface area contributed by atoms with E-state index in [1.165, 1.54) is 4.90 Å². The molecule has 13 nitrogen and oxygen atoms in total. The molecule has 1 unspecified atom stereocenters. The zero-order valence-corrected chi connectivity index (χ0v) is 30.1. The molecule has 1 saturated heterocycles. The number of benzene rings is 1. The molecule has 3 saturated carbocycles. The highest BCUT2D eigenvalue weighted by Gasteiger charge is 2.70. The molecular weight excluding hydrogens is 642 g/mol. The van der Waals surface area contributed by atoms with Gasteiger partial charge in [-0.1, -0.05) is 72.4 Å². The first-order valence-corrected chi connectivity index (χ1v) is 17.8. The number of Topliss-reactive ketones (excluding diaryl/α,β-unsaturated/α-hetero) is 1. The summed E-state index contributed by atoms with van der Waals surface area (Å²) in [4.78, 5) is 81.7. The summed E-state index contributed by atoms with van der Waals surface area (Å²) < 4.78 is 11.0. The number of urea groups is 1. The van der Waals surface area contributed by atoms with Gasteiger partial charge >= 0.3 is 12.0 Å². The van der Waals surface area contributed by atoms with E-state index in [-0.39, 0.29) is 29.8 Å². The molecule has 1 heterocycles. The SMILES string of the molecule is COc1ccc(COC(=O)C2(NC(=O)N[C@H](C(=O)N3C[C@H]4[C@@H]([C@H]3C(=O)NC(C(=O)C(N)=O)C3CC3)C4(C)C)C(C)(C)C)CCCCCC2)cc1. The van der Waals surface area contributed by atoms with E-state index in [9.17, 15) is 28.8 Å². The first-order chi connectivity index (χ1) is 23.5. The minimum absolute atomic E-state index is 0.0285. The number of likely N-dealkylation sites (tertiary alicyclic amines) is 1. The van der Waals surface area contributed by atoms with Gasteiger partial charge in [0.15, 0.2) is 0 Å². The molecule has 274 valence electrons. The maximum atomic E-state index is 14.4. The number of nitrogens with zero attached hydrogens (tertiary/aromatic N) is 1. The van der Waals surface area contributed by atoms with Crippen LogP contribution < -0.4 is 26.4 Å². The van der Waals surface area contributed by atoms with Crippen LogP contribution in [-0.4, -0.2) is 77.7 Å². The topological polar surface area (TPSA) is 186 Å². The fraction of sp³-hybridized carbons (Fsp3) is 0.676. The van der Waals surface area contributed by atoms with Crippen molar-refractivity contribution in [2.45, 2.75) is 116 Å². The number of amides is 5. The Morgan fingerprint density at radius 1 is 0.960 bits per heavy atom. The molecule has 1 aromatic rings. The molecule has 4 aliphatic rings. The molecule has 5 amide bonds. The number of hydrogen-bond acceptors (Lipinski definition) is 8. The van der Waals surface area contributed by atoms with Crippen LogP contribution in [-0.2, 0) is 35.3 Å². The second-order valence-corrected chi connectivity index (χ2v) is 16.3. The van der Waals surface area contributed by atoms with Crippen LogP contribution >= 0.6 is 0 Å². The molecule has 13 heteroatoms. The number of carbonyl (C=O) groups is 6. The Morgan fingerprint density at radius 3 is 2.12 bits per heavy atom. The van der Waals surface area contributed by atoms with Crippen molar-refractivity contribution in [1.82, 2.24) is 20.9 Å². The number of nitrogens with one attached hydrogen (secondary N) is 3. The van der Waals surface area contributed by atoms with Crippen molar-refractivity contribution in [2.75, 3.05) is 13.7 Å². The number of nitrogens with two attached hydrogens (primary N) is 1. The Balaban J connectivity index is 1.32. The fourth-order valence-corrected chi connectivity index (χ4v) is 7.95. The average molecular weight is 696 g/mol. The molecule has 50 heavy (non-hydrogen) atoms. The molecule has 5 N–H and O–H groups in total. The van der Waals surface area contributed by atoms with Gasteiger partial charge in [0.25, 0.3) is 5.91 Å². The van der Waals surface area contributed by atoms with E-state index in [0.717, 1.165) is 31.2 Å². The maximum absolute atomic E-state index is 14.4. The second-order valence-electron chi connectivity index (χ2n) is 16.3. The van der Waals surface area contributed by atoms with Gasteiger partial charge in [-0.15, -0.1) is 0 Å². The lowest BCUT2D eigenvalue weighted by Crippen LogP contribution is -2.64. The van der Waals surface area contributed by atoms with Crippen molar-refractivity contribution in [3.05, 3.63) is 29.8 Å². The van der Waals surface area contributed by atoms with Gasteiger partial charge < -0.3 is 36.1 Å². The predicted molar refractivity (Wildman–Crippen MR) is 183 cm³/mol.